The van der Waals surface area contributed by atoms with E-state index in [9.17, 15) is 0 Å². The number of alkyl halides is 1. The van der Waals surface area contributed by atoms with Crippen LogP contribution in [0.1, 0.15) is 0 Å². The van der Waals surface area contributed by atoms with Gasteiger partial charge in [-0.15, -0.1) is 22.7 Å². The molecule has 66 valence electrons. The van der Waals surface area contributed by atoms with Gasteiger partial charge in [-0.25, -0.2) is 0 Å². The van der Waals surface area contributed by atoms with Crippen molar-refractivity contribution in [3.8, 4) is 0 Å². The minimum atomic E-state index is -1.93. The molecule has 0 spiro atoms. The van der Waals surface area contributed by atoms with Gasteiger partial charge in [-0.2, -0.15) is 0 Å². The Kier molecular flexibility index (Phi) is 3.44. The highest BCUT2D eigenvalue weighted by atomic mass is 35.6. The topological polar surface area (TPSA) is 12.0 Å². The second-order valence-electron chi connectivity index (χ2n) is 2.82. The van der Waals surface area contributed by atoms with E-state index in [2.05, 4.69) is 4.98 Å². The van der Waals surface area contributed by atoms with Crippen LogP contribution < -0.4 is 4.98 Å². The zero-order chi connectivity index (χ0) is 9.03. The van der Waals surface area contributed by atoms with E-state index in [0.717, 1.165) is 5.69 Å². The fourth-order valence-electron chi connectivity index (χ4n) is 0.856. The molecule has 0 saturated carbocycles. The maximum Gasteiger partial charge on any atom is 0.264 e. The average molecular weight is 220 g/mol. The Morgan fingerprint density at radius 3 is 2.42 bits per heavy atom. The van der Waals surface area contributed by atoms with Crippen molar-refractivity contribution in [2.24, 2.45) is 0 Å². The van der Waals surface area contributed by atoms with Gasteiger partial charge in [-0.3, -0.25) is 0 Å². The van der Waals surface area contributed by atoms with Gasteiger partial charge in [-0.05, 0) is 18.7 Å². The predicted octanol–water partition coefficient (Wildman–Crippen LogP) is 3.19. The third kappa shape index (κ3) is 3.05. The van der Waals surface area contributed by atoms with Crippen LogP contribution in [0.25, 0.3) is 0 Å². The molecule has 0 aromatic heterocycles. The molecule has 0 radical (unpaired) electrons. The molecule has 0 amide bonds. The molecule has 1 atom stereocenters. The predicted molar refractivity (Wildman–Crippen MR) is 58.3 cm³/mol. The van der Waals surface area contributed by atoms with Crippen LogP contribution in [0.4, 0.5) is 5.69 Å². The van der Waals surface area contributed by atoms with Crippen molar-refractivity contribution >= 4 is 35.9 Å². The highest BCUT2D eigenvalue weighted by molar-refractivity contribution is 7.23. The third-order valence-electron chi connectivity index (χ3n) is 1.43. The number of benzene rings is 1. The minimum Gasteiger partial charge on any atom is -0.398 e. The van der Waals surface area contributed by atoms with E-state index in [0.29, 0.717) is 5.50 Å². The van der Waals surface area contributed by atoms with Crippen LogP contribution in [0.5, 0.6) is 0 Å². The van der Waals surface area contributed by atoms with Crippen LogP contribution in [0.2, 0.25) is 6.55 Å². The molecule has 4 heteroatoms. The maximum absolute atomic E-state index is 6.15. The summed E-state index contributed by atoms with van der Waals surface area (Å²) in [7, 11) is -1.93. The summed E-state index contributed by atoms with van der Waals surface area (Å²) in [6.45, 7) is 1.98. The lowest BCUT2D eigenvalue weighted by Gasteiger charge is -2.18. The van der Waals surface area contributed by atoms with E-state index in [4.69, 9.17) is 22.7 Å². The lowest BCUT2D eigenvalue weighted by Crippen LogP contribution is -2.36. The van der Waals surface area contributed by atoms with E-state index < -0.39 is 7.55 Å². The summed E-state index contributed by atoms with van der Waals surface area (Å²) in [6.07, 6.45) is 0. The summed E-state index contributed by atoms with van der Waals surface area (Å²) in [5, 5.41) is 0. The number of halogens is 2. The number of nitrogens with one attached hydrogen (secondary N) is 1. The van der Waals surface area contributed by atoms with Gasteiger partial charge in [0.15, 0.2) is 0 Å². The van der Waals surface area contributed by atoms with E-state index in [-0.39, 0.29) is 0 Å². The zero-order valence-corrected chi connectivity index (χ0v) is 9.36. The number of hydrogen-bond acceptors (Lipinski definition) is 1. The van der Waals surface area contributed by atoms with Gasteiger partial charge >= 0.3 is 0 Å². The van der Waals surface area contributed by atoms with E-state index >= 15 is 0 Å². The second-order valence-corrected chi connectivity index (χ2v) is 9.04. The van der Waals surface area contributed by atoms with Crippen LogP contribution in [-0.4, -0.2) is 13.0 Å². The van der Waals surface area contributed by atoms with E-state index in [1.165, 1.54) is 0 Å². The zero-order valence-electron chi connectivity index (χ0n) is 6.85. The van der Waals surface area contributed by atoms with Crippen molar-refractivity contribution in [3.05, 3.63) is 30.3 Å². The van der Waals surface area contributed by atoms with Crippen molar-refractivity contribution < 1.29 is 0 Å². The highest BCUT2D eigenvalue weighted by Crippen LogP contribution is 2.15. The van der Waals surface area contributed by atoms with Crippen LogP contribution in [0.3, 0.4) is 0 Å². The molecule has 1 unspecified atom stereocenters. The molecule has 0 aliphatic heterocycles. The Morgan fingerprint density at radius 2 is 1.92 bits per heavy atom. The third-order valence-corrected chi connectivity index (χ3v) is 5.44. The first kappa shape index (κ1) is 9.90. The first-order chi connectivity index (χ1) is 5.64. The largest absolute Gasteiger partial charge is 0.398 e. The van der Waals surface area contributed by atoms with Crippen molar-refractivity contribution in [1.29, 1.82) is 0 Å². The molecule has 12 heavy (non-hydrogen) atoms. The smallest absolute Gasteiger partial charge is 0.264 e. The molecule has 1 aromatic rings. The molecule has 1 nitrogen and oxygen atoms in total. The Bertz CT molecular complexity index is 238. The summed E-state index contributed by atoms with van der Waals surface area (Å²) in [4.78, 5) is 3.24. The molecule has 1 N–H and O–H groups in total. The molecular formula is C8H11Cl2NSi. The Morgan fingerprint density at radius 1 is 1.33 bits per heavy atom. The molecule has 0 aliphatic carbocycles. The molecule has 0 aliphatic rings. The fraction of sp³-hybridized carbons (Fsp3) is 0.250. The summed E-state index contributed by atoms with van der Waals surface area (Å²) >= 11 is 11.9. The summed E-state index contributed by atoms with van der Waals surface area (Å²) in [5.41, 5.74) is 1.55. The Hall–Kier alpha value is -0.183. The Balaban J connectivity index is 2.64. The normalized spacial score (nSPS) is 15.2. The van der Waals surface area contributed by atoms with Crippen molar-refractivity contribution in [3.63, 3.8) is 0 Å². The highest BCUT2D eigenvalue weighted by Gasteiger charge is 2.22. The summed E-state index contributed by atoms with van der Waals surface area (Å²) in [5.74, 6) is 0. The molecule has 1 aromatic carbocycles. The standard InChI is InChI=1S/C8H11Cl2NSi/c1-12(10,7-9)11-8-5-3-2-4-6-8/h2-6,11H,7H2,1H3. The average Bonchev–Trinajstić information content (AvgIpc) is 2.06. The first-order valence-electron chi connectivity index (χ1n) is 3.72. The first-order valence-corrected chi connectivity index (χ1v) is 7.97. The lowest BCUT2D eigenvalue weighted by molar-refractivity contribution is 1.62. The quantitative estimate of drug-likeness (QED) is 0.468. The van der Waals surface area contributed by atoms with Gasteiger partial charge in [0.25, 0.3) is 7.55 Å². The SMILES string of the molecule is C[Si](Cl)(CCl)Nc1ccccc1. The number of hydrogen-bond donors (Lipinski definition) is 1. The van der Waals surface area contributed by atoms with Crippen molar-refractivity contribution in [2.45, 2.75) is 6.55 Å². The summed E-state index contributed by atoms with van der Waals surface area (Å²) in [6, 6.07) is 9.88. The van der Waals surface area contributed by atoms with Crippen LogP contribution >= 0.6 is 22.7 Å². The molecule has 0 bridgehead atoms. The number of para-hydroxylation sites is 1. The monoisotopic (exact) mass is 219 g/mol. The molecule has 1 rings (SSSR count). The fourth-order valence-corrected chi connectivity index (χ4v) is 2.22. The lowest BCUT2D eigenvalue weighted by atomic mass is 10.3. The molecule has 0 saturated heterocycles. The van der Waals surface area contributed by atoms with Gasteiger partial charge in [0.2, 0.25) is 0 Å². The van der Waals surface area contributed by atoms with Crippen LogP contribution in [-0.2, 0) is 0 Å². The van der Waals surface area contributed by atoms with Crippen molar-refractivity contribution in [1.82, 2.24) is 0 Å². The van der Waals surface area contributed by atoms with Gasteiger partial charge in [-0.1, -0.05) is 18.2 Å². The van der Waals surface area contributed by atoms with Crippen LogP contribution in [0.15, 0.2) is 30.3 Å². The van der Waals surface area contributed by atoms with Gasteiger partial charge < -0.3 is 4.98 Å². The van der Waals surface area contributed by atoms with Crippen molar-refractivity contribution in [2.75, 3.05) is 10.5 Å². The van der Waals surface area contributed by atoms with E-state index in [1.54, 1.807) is 0 Å². The Labute approximate surface area is 83.5 Å². The number of rotatable bonds is 3. The van der Waals surface area contributed by atoms with Gasteiger partial charge in [0.05, 0.1) is 0 Å². The maximum atomic E-state index is 6.15. The summed E-state index contributed by atoms with van der Waals surface area (Å²) < 4.78 is 0. The molecular weight excluding hydrogens is 209 g/mol. The van der Waals surface area contributed by atoms with Gasteiger partial charge in [0, 0.05) is 11.2 Å². The minimum absolute atomic E-state index is 0.503. The van der Waals surface area contributed by atoms with Crippen LogP contribution in [0, 0.1) is 0 Å². The van der Waals surface area contributed by atoms with Gasteiger partial charge in [0.1, 0.15) is 0 Å². The molecule has 0 fully saturated rings. The number of anilines is 1. The second kappa shape index (κ2) is 4.17. The van der Waals surface area contributed by atoms with E-state index in [1.807, 2.05) is 36.9 Å². The molecule has 0 heterocycles.